The van der Waals surface area contributed by atoms with Gasteiger partial charge in [0.25, 0.3) is 0 Å². The lowest BCUT2D eigenvalue weighted by molar-refractivity contribution is -0.143. The number of rotatable bonds is 2. The molecule has 2 saturated carbocycles. The van der Waals surface area contributed by atoms with E-state index in [4.69, 9.17) is 0 Å². The molecule has 15 heavy (non-hydrogen) atoms. The number of hydrogen-bond donors (Lipinski definition) is 0. The normalized spacial score (nSPS) is 39.5. The van der Waals surface area contributed by atoms with Crippen LogP contribution < -0.4 is 0 Å². The molecule has 3 heteroatoms. The Kier molecular flexibility index (Phi) is 2.54. The molecule has 0 aromatic heterocycles. The van der Waals surface area contributed by atoms with E-state index in [0.29, 0.717) is 17.7 Å². The van der Waals surface area contributed by atoms with Gasteiger partial charge in [0.1, 0.15) is 0 Å². The Labute approximate surface area is 99.5 Å². The van der Waals surface area contributed by atoms with E-state index < -0.39 is 0 Å². The summed E-state index contributed by atoms with van der Waals surface area (Å²) < 4.78 is 0. The predicted octanol–water partition coefficient (Wildman–Crippen LogP) is 2.28. The van der Waals surface area contributed by atoms with Gasteiger partial charge in [-0.1, -0.05) is 22.4 Å². The molecule has 0 spiro atoms. The fourth-order valence-electron chi connectivity index (χ4n) is 3.63. The summed E-state index contributed by atoms with van der Waals surface area (Å²) in [5.41, 5.74) is 0. The van der Waals surface area contributed by atoms with E-state index in [1.54, 1.807) is 0 Å². The van der Waals surface area contributed by atoms with Crippen molar-refractivity contribution in [2.24, 2.45) is 23.7 Å². The van der Waals surface area contributed by atoms with Crippen LogP contribution >= 0.6 is 15.9 Å². The summed E-state index contributed by atoms with van der Waals surface area (Å²) in [6.07, 6.45) is 5.24. The summed E-state index contributed by atoms with van der Waals surface area (Å²) >= 11 is 3.48. The van der Waals surface area contributed by atoms with Gasteiger partial charge in [0.05, 0.1) is 0 Å². The van der Waals surface area contributed by atoms with Gasteiger partial charge in [-0.2, -0.15) is 0 Å². The van der Waals surface area contributed by atoms with Gasteiger partial charge < -0.3 is 4.90 Å². The lowest BCUT2D eigenvalue weighted by Crippen LogP contribution is -2.53. The van der Waals surface area contributed by atoms with Crippen molar-refractivity contribution in [3.63, 3.8) is 0 Å². The van der Waals surface area contributed by atoms with Gasteiger partial charge in [0.15, 0.2) is 0 Å². The lowest BCUT2D eigenvalue weighted by Gasteiger charge is -2.41. The Morgan fingerprint density at radius 3 is 2.60 bits per heavy atom. The van der Waals surface area contributed by atoms with E-state index >= 15 is 0 Å². The standard InChI is InChI=1S/C12H18BrNO/c13-5-9-6-14(7-9)12(15)11-4-8-1-2-10(11)3-8/h8-11H,1-7H2. The number of nitrogens with zero attached hydrogens (tertiary/aromatic N) is 1. The van der Waals surface area contributed by atoms with Crippen LogP contribution in [0.3, 0.4) is 0 Å². The molecule has 1 heterocycles. The minimum absolute atomic E-state index is 0.403. The monoisotopic (exact) mass is 271 g/mol. The minimum Gasteiger partial charge on any atom is -0.342 e. The molecule has 2 nitrogen and oxygen atoms in total. The molecule has 3 rings (SSSR count). The number of likely N-dealkylation sites (tertiary alicyclic amines) is 1. The molecular formula is C12H18BrNO. The second kappa shape index (κ2) is 3.76. The van der Waals surface area contributed by atoms with Gasteiger partial charge >= 0.3 is 0 Å². The highest BCUT2D eigenvalue weighted by Crippen LogP contribution is 2.49. The average Bonchev–Trinajstić information content (AvgIpc) is 2.76. The van der Waals surface area contributed by atoms with E-state index in [9.17, 15) is 4.79 Å². The van der Waals surface area contributed by atoms with Crippen LogP contribution in [0.5, 0.6) is 0 Å². The maximum absolute atomic E-state index is 12.2. The fraction of sp³-hybridized carbons (Fsp3) is 0.917. The topological polar surface area (TPSA) is 20.3 Å². The van der Waals surface area contributed by atoms with Crippen LogP contribution in [0.4, 0.5) is 0 Å². The third-order valence-corrected chi connectivity index (χ3v) is 5.46. The van der Waals surface area contributed by atoms with Crippen LogP contribution in [-0.4, -0.2) is 29.2 Å². The van der Waals surface area contributed by atoms with Crippen LogP contribution in [0, 0.1) is 23.7 Å². The number of carbonyl (C=O) groups excluding carboxylic acids is 1. The van der Waals surface area contributed by atoms with Crippen molar-refractivity contribution in [3.8, 4) is 0 Å². The van der Waals surface area contributed by atoms with E-state index in [-0.39, 0.29) is 0 Å². The summed E-state index contributed by atoms with van der Waals surface area (Å²) in [4.78, 5) is 14.3. The first-order chi connectivity index (χ1) is 7.28. The van der Waals surface area contributed by atoms with Gasteiger partial charge in [-0.05, 0) is 31.1 Å². The van der Waals surface area contributed by atoms with Gasteiger partial charge in [0, 0.05) is 30.3 Å². The number of alkyl halides is 1. The molecule has 0 N–H and O–H groups in total. The molecule has 3 unspecified atom stereocenters. The Hall–Kier alpha value is -0.0500. The molecule has 2 bridgehead atoms. The van der Waals surface area contributed by atoms with Crippen LogP contribution in [0.2, 0.25) is 0 Å². The Bertz CT molecular complexity index is 275. The zero-order chi connectivity index (χ0) is 10.4. The highest BCUT2D eigenvalue weighted by Gasteiger charge is 2.46. The van der Waals surface area contributed by atoms with E-state index in [2.05, 4.69) is 20.8 Å². The number of carbonyl (C=O) groups is 1. The maximum atomic E-state index is 12.2. The SMILES string of the molecule is O=C(C1CC2CCC1C2)N1CC(CBr)C1. The van der Waals surface area contributed by atoms with Crippen LogP contribution in [0.15, 0.2) is 0 Å². The van der Waals surface area contributed by atoms with E-state index in [1.165, 1.54) is 25.7 Å². The second-order valence-electron chi connectivity index (χ2n) is 5.54. The van der Waals surface area contributed by atoms with Crippen LogP contribution in [0.25, 0.3) is 0 Å². The maximum Gasteiger partial charge on any atom is 0.225 e. The van der Waals surface area contributed by atoms with Crippen molar-refractivity contribution < 1.29 is 4.79 Å². The first-order valence-corrected chi connectivity index (χ1v) is 7.25. The molecular weight excluding hydrogens is 254 g/mol. The Balaban J connectivity index is 1.57. The first kappa shape index (κ1) is 10.1. The summed E-state index contributed by atoms with van der Waals surface area (Å²) in [5, 5.41) is 1.05. The largest absolute Gasteiger partial charge is 0.342 e. The fourth-order valence-corrected chi connectivity index (χ4v) is 4.04. The third kappa shape index (κ3) is 1.63. The lowest BCUT2D eigenvalue weighted by atomic mass is 9.86. The highest BCUT2D eigenvalue weighted by molar-refractivity contribution is 9.09. The van der Waals surface area contributed by atoms with Crippen molar-refractivity contribution in [3.05, 3.63) is 0 Å². The molecule has 1 saturated heterocycles. The summed E-state index contributed by atoms with van der Waals surface area (Å²) in [5.74, 6) is 3.22. The molecule has 0 aromatic carbocycles. The number of hydrogen-bond acceptors (Lipinski definition) is 1. The molecule has 0 aromatic rings. The van der Waals surface area contributed by atoms with Crippen molar-refractivity contribution in [2.45, 2.75) is 25.7 Å². The number of amides is 1. The van der Waals surface area contributed by atoms with E-state index in [1.807, 2.05) is 0 Å². The quantitative estimate of drug-likeness (QED) is 0.706. The zero-order valence-corrected chi connectivity index (χ0v) is 10.6. The molecule has 84 valence electrons. The molecule has 3 aliphatic rings. The highest BCUT2D eigenvalue weighted by atomic mass is 79.9. The zero-order valence-electron chi connectivity index (χ0n) is 8.99. The second-order valence-corrected chi connectivity index (χ2v) is 6.19. The summed E-state index contributed by atoms with van der Waals surface area (Å²) in [7, 11) is 0. The third-order valence-electron chi connectivity index (χ3n) is 4.54. The van der Waals surface area contributed by atoms with Gasteiger partial charge in [-0.15, -0.1) is 0 Å². The van der Waals surface area contributed by atoms with Crippen LogP contribution in [0.1, 0.15) is 25.7 Å². The van der Waals surface area contributed by atoms with Crippen LogP contribution in [-0.2, 0) is 4.79 Å². The van der Waals surface area contributed by atoms with Gasteiger partial charge in [0.2, 0.25) is 5.91 Å². The molecule has 2 aliphatic carbocycles. The molecule has 0 radical (unpaired) electrons. The number of fused-ring (bicyclic) bond motifs is 2. The van der Waals surface area contributed by atoms with Crippen molar-refractivity contribution in [2.75, 3.05) is 18.4 Å². The van der Waals surface area contributed by atoms with Crippen molar-refractivity contribution in [1.82, 2.24) is 4.90 Å². The molecule has 3 fully saturated rings. The molecule has 3 atom stereocenters. The van der Waals surface area contributed by atoms with Gasteiger partial charge in [-0.25, -0.2) is 0 Å². The van der Waals surface area contributed by atoms with E-state index in [0.717, 1.165) is 30.3 Å². The number of halogens is 1. The molecule has 1 amide bonds. The van der Waals surface area contributed by atoms with Gasteiger partial charge in [-0.3, -0.25) is 4.79 Å². The summed E-state index contributed by atoms with van der Waals surface area (Å²) in [6, 6.07) is 0. The van der Waals surface area contributed by atoms with Crippen molar-refractivity contribution in [1.29, 1.82) is 0 Å². The Morgan fingerprint density at radius 2 is 2.07 bits per heavy atom. The smallest absolute Gasteiger partial charge is 0.225 e. The molecule has 1 aliphatic heterocycles. The average molecular weight is 272 g/mol. The Morgan fingerprint density at radius 1 is 1.27 bits per heavy atom. The summed E-state index contributed by atoms with van der Waals surface area (Å²) in [6.45, 7) is 2.00. The first-order valence-electron chi connectivity index (χ1n) is 6.12. The minimum atomic E-state index is 0.403. The predicted molar refractivity (Wildman–Crippen MR) is 62.8 cm³/mol. The van der Waals surface area contributed by atoms with Crippen molar-refractivity contribution >= 4 is 21.8 Å².